The number of sulfonamides is 1. The maximum Gasteiger partial charge on any atom is 0.356 e. The lowest BCUT2D eigenvalue weighted by Gasteiger charge is -2.30. The number of cyclic esters (lactones) is 1. The first-order valence-corrected chi connectivity index (χ1v) is 16.0. The molecule has 0 radical (unpaired) electrons. The van der Waals surface area contributed by atoms with Crippen molar-refractivity contribution in [3.8, 4) is 23.2 Å². The lowest BCUT2D eigenvalue weighted by molar-refractivity contribution is -0.164. The zero-order chi connectivity index (χ0) is 30.6. The molecule has 16 heteroatoms. The van der Waals surface area contributed by atoms with Crippen molar-refractivity contribution in [3.05, 3.63) is 56.9 Å². The number of esters is 1. The Labute approximate surface area is 240 Å². The molecule has 0 spiro atoms. The van der Waals surface area contributed by atoms with Gasteiger partial charge in [-0.15, -0.1) is 5.92 Å². The van der Waals surface area contributed by atoms with Crippen molar-refractivity contribution in [2.24, 2.45) is 5.10 Å². The predicted octanol–water partition coefficient (Wildman–Crippen LogP) is -0.153. The number of hydrogen-bond donors (Lipinski definition) is 2. The molecule has 0 saturated carbocycles. The first-order valence-electron chi connectivity index (χ1n) is 12.3. The van der Waals surface area contributed by atoms with E-state index < -0.39 is 57.0 Å². The number of benzene rings is 1. The van der Waals surface area contributed by atoms with E-state index in [1.54, 1.807) is 24.3 Å². The topological polar surface area (TPSA) is 201 Å². The van der Waals surface area contributed by atoms with Crippen molar-refractivity contribution in [2.45, 2.75) is 25.7 Å². The number of aromatic nitrogens is 2. The third-order valence-corrected chi connectivity index (χ3v) is 8.40. The van der Waals surface area contributed by atoms with Crippen LogP contribution >= 0.6 is 0 Å². The molecular weight excluding hydrogens is 590 g/mol. The highest BCUT2D eigenvalue weighted by atomic mass is 32.2. The Morgan fingerprint density at radius 3 is 2.62 bits per heavy atom. The van der Waals surface area contributed by atoms with E-state index in [4.69, 9.17) is 15.5 Å². The Hall–Kier alpha value is -4.30. The molecule has 0 bridgehead atoms. The van der Waals surface area contributed by atoms with Gasteiger partial charge in [0.05, 0.1) is 66.6 Å². The number of ether oxygens (including phenoxy) is 1. The second-order valence-corrected chi connectivity index (χ2v) is 13.1. The van der Waals surface area contributed by atoms with Crippen LogP contribution in [0.15, 0.2) is 34.2 Å². The summed E-state index contributed by atoms with van der Waals surface area (Å²) in [4.78, 5) is 31.0. The van der Waals surface area contributed by atoms with Crippen molar-refractivity contribution in [1.29, 1.82) is 0 Å². The molecule has 220 valence electrons. The summed E-state index contributed by atoms with van der Waals surface area (Å²) in [6.45, 7) is 0.105. The minimum absolute atomic E-state index is 0.0252. The van der Waals surface area contributed by atoms with Gasteiger partial charge in [-0.05, 0) is 13.0 Å². The van der Waals surface area contributed by atoms with E-state index >= 15 is 0 Å². The summed E-state index contributed by atoms with van der Waals surface area (Å²) < 4.78 is 59.3. The van der Waals surface area contributed by atoms with E-state index in [0.29, 0.717) is 26.4 Å². The molecule has 4 heterocycles. The fraction of sp³-hybridized carbons (Fsp3) is 0.308. The van der Waals surface area contributed by atoms with Crippen molar-refractivity contribution in [1.82, 2.24) is 14.0 Å². The van der Waals surface area contributed by atoms with Crippen LogP contribution in [-0.2, 0) is 52.6 Å². The number of hydrogen-bond acceptors (Lipinski definition) is 12. The molecule has 1 aromatic carbocycles. The first kappa shape index (κ1) is 29.2. The number of para-hydroxylation sites is 1. The molecular formula is C26H25N5O9S2. The largest absolute Gasteiger partial charge is 0.457 e. The van der Waals surface area contributed by atoms with Gasteiger partial charge in [0.15, 0.2) is 0 Å². The maximum absolute atomic E-state index is 13.7. The van der Waals surface area contributed by atoms with Crippen LogP contribution in [0.25, 0.3) is 22.3 Å². The van der Waals surface area contributed by atoms with Crippen LogP contribution in [-0.4, -0.2) is 73.8 Å². The third kappa shape index (κ3) is 4.90. The smallest absolute Gasteiger partial charge is 0.356 e. The lowest BCUT2D eigenvalue weighted by Crippen LogP contribution is -2.44. The van der Waals surface area contributed by atoms with Crippen LogP contribution in [0, 0.1) is 11.8 Å². The number of hydrazone groups is 1. The predicted molar refractivity (Wildman–Crippen MR) is 152 cm³/mol. The number of fused-ring (bicyclic) bond motifs is 5. The Morgan fingerprint density at radius 1 is 1.24 bits per heavy atom. The second-order valence-electron chi connectivity index (χ2n) is 9.62. The molecule has 0 fully saturated rings. The number of pyridine rings is 2. The molecule has 2 aromatic heterocycles. The average Bonchev–Trinajstić information content (AvgIpc) is 3.29. The zero-order valence-electron chi connectivity index (χ0n) is 22.6. The average molecular weight is 616 g/mol. The summed E-state index contributed by atoms with van der Waals surface area (Å²) in [5.41, 5.74) is 5.04. The van der Waals surface area contributed by atoms with Crippen LogP contribution in [0.5, 0.6) is 0 Å². The monoisotopic (exact) mass is 615 g/mol. The van der Waals surface area contributed by atoms with Gasteiger partial charge in [-0.3, -0.25) is 8.98 Å². The Balaban J connectivity index is 1.71. The quantitative estimate of drug-likeness (QED) is 0.0920. The van der Waals surface area contributed by atoms with Crippen LogP contribution in [0.4, 0.5) is 5.69 Å². The molecule has 0 saturated heterocycles. The van der Waals surface area contributed by atoms with E-state index in [2.05, 4.69) is 21.1 Å². The molecule has 5 rings (SSSR count). The molecule has 3 aromatic rings. The molecule has 0 aliphatic carbocycles. The number of nitrogen functional groups attached to an aromatic ring is 1. The number of anilines is 1. The number of carbonyl (C=O) groups excluding carboxylic acids is 1. The fourth-order valence-corrected chi connectivity index (χ4v) is 6.03. The summed E-state index contributed by atoms with van der Waals surface area (Å²) in [5.74, 6) is 3.84. The van der Waals surface area contributed by atoms with Crippen molar-refractivity contribution in [3.63, 3.8) is 0 Å². The summed E-state index contributed by atoms with van der Waals surface area (Å²) >= 11 is 0. The molecule has 14 nitrogen and oxygen atoms in total. The van der Waals surface area contributed by atoms with Gasteiger partial charge in [-0.2, -0.15) is 17.9 Å². The Morgan fingerprint density at radius 2 is 1.95 bits per heavy atom. The lowest BCUT2D eigenvalue weighted by atomic mass is 9.86. The van der Waals surface area contributed by atoms with E-state index in [0.717, 1.165) is 12.5 Å². The van der Waals surface area contributed by atoms with E-state index in [1.165, 1.54) is 17.7 Å². The Bertz CT molecular complexity index is 2040. The summed E-state index contributed by atoms with van der Waals surface area (Å²) in [6.07, 6.45) is 3.03. The standard InChI is InChI=1S/C26H25N5O9S2/c1-4-9-26(34)20-18(14-39-25(26)33)24(32)30-13-17-16(12-28-31(41(2,35)36)10-11-40-42(3,37)38)15-7-5-6-8-19(15)29-22(17)23(30)21(20)27/h5-8,12,34H,10-11,13-14,27H2,1-3H3/b28-12+/t26-/m0/s1. The molecule has 2 aliphatic heterocycles. The van der Waals surface area contributed by atoms with E-state index in [-0.39, 0.29) is 34.7 Å². The zero-order valence-corrected chi connectivity index (χ0v) is 24.2. The highest BCUT2D eigenvalue weighted by Gasteiger charge is 2.48. The summed E-state index contributed by atoms with van der Waals surface area (Å²) in [7, 11) is -7.75. The number of rotatable bonds is 7. The van der Waals surface area contributed by atoms with E-state index in [9.17, 15) is 31.5 Å². The van der Waals surface area contributed by atoms with Crippen LogP contribution in [0.3, 0.4) is 0 Å². The van der Waals surface area contributed by atoms with Crippen LogP contribution < -0.4 is 11.3 Å². The van der Waals surface area contributed by atoms with Crippen molar-refractivity contribution < 1.29 is 35.7 Å². The normalized spacial score (nSPS) is 17.8. The van der Waals surface area contributed by atoms with Crippen molar-refractivity contribution >= 4 is 48.9 Å². The van der Waals surface area contributed by atoms with Gasteiger partial charge in [0.1, 0.15) is 6.61 Å². The summed E-state index contributed by atoms with van der Waals surface area (Å²) in [6, 6.07) is 6.92. The van der Waals surface area contributed by atoms with Gasteiger partial charge in [-0.1, -0.05) is 24.1 Å². The molecule has 0 unspecified atom stereocenters. The Kier molecular flexibility index (Phi) is 7.10. The number of nitrogens with two attached hydrogens (primary N) is 1. The fourth-order valence-electron chi connectivity index (χ4n) is 5.03. The van der Waals surface area contributed by atoms with E-state index in [1.807, 2.05) is 0 Å². The van der Waals surface area contributed by atoms with Gasteiger partial charge in [-0.25, -0.2) is 18.2 Å². The SMILES string of the molecule is CC#C[C@@]1(O)C(=O)OCc2c1c(N)c1n(c2=O)Cc2c-1nc1ccccc1c2/C=N/N(CCOS(C)(=O)=O)S(C)(=O)=O. The van der Waals surface area contributed by atoms with Crippen LogP contribution in [0.1, 0.15) is 29.2 Å². The third-order valence-electron chi connectivity index (χ3n) is 6.77. The first-order chi connectivity index (χ1) is 19.7. The highest BCUT2D eigenvalue weighted by molar-refractivity contribution is 7.88. The van der Waals surface area contributed by atoms with Gasteiger partial charge in [0.2, 0.25) is 10.0 Å². The minimum Gasteiger partial charge on any atom is -0.457 e. The van der Waals surface area contributed by atoms with Gasteiger partial charge in [0, 0.05) is 22.1 Å². The molecule has 3 N–H and O–H groups in total. The highest BCUT2D eigenvalue weighted by Crippen LogP contribution is 2.43. The molecule has 0 amide bonds. The maximum atomic E-state index is 13.7. The second kappa shape index (κ2) is 10.2. The molecule has 1 atom stereocenters. The molecule has 2 aliphatic rings. The molecule has 42 heavy (non-hydrogen) atoms. The van der Waals surface area contributed by atoms with Gasteiger partial charge < -0.3 is 20.1 Å². The van der Waals surface area contributed by atoms with Crippen molar-refractivity contribution in [2.75, 3.05) is 31.4 Å². The number of carbonyl (C=O) groups is 1. The number of nitrogens with zero attached hydrogens (tertiary/aromatic N) is 4. The van der Waals surface area contributed by atoms with Crippen LogP contribution in [0.2, 0.25) is 0 Å². The minimum atomic E-state index is -3.94. The van der Waals surface area contributed by atoms with Gasteiger partial charge >= 0.3 is 5.97 Å². The number of aliphatic hydroxyl groups is 1. The summed E-state index contributed by atoms with van der Waals surface area (Å²) in [5, 5.41) is 15.9. The van der Waals surface area contributed by atoms with Gasteiger partial charge in [0.25, 0.3) is 21.3 Å².